The summed E-state index contributed by atoms with van der Waals surface area (Å²) in [6.45, 7) is 5.91. The van der Waals surface area contributed by atoms with Crippen LogP contribution in [-0.2, 0) is 8.44 Å². The van der Waals surface area contributed by atoms with Gasteiger partial charge in [-0.2, -0.15) is 0 Å². The third-order valence-electron chi connectivity index (χ3n) is 1.57. The first kappa shape index (κ1) is 17.8. The van der Waals surface area contributed by atoms with Crippen LogP contribution in [0.4, 0.5) is 0 Å². The molecule has 0 bridgehead atoms. The summed E-state index contributed by atoms with van der Waals surface area (Å²) in [6, 6.07) is 0. The van der Waals surface area contributed by atoms with Crippen molar-refractivity contribution in [3.8, 4) is 0 Å². The van der Waals surface area contributed by atoms with E-state index in [1.807, 2.05) is 20.8 Å². The Kier molecular flexibility index (Phi) is 11.9. The van der Waals surface area contributed by atoms with Crippen LogP contribution in [0.1, 0.15) is 20.8 Å². The maximum absolute atomic E-state index is 5.76. The second-order valence-electron chi connectivity index (χ2n) is 3.52. The average molecular weight is 482 g/mol. The molecule has 7 heteroatoms. The van der Waals surface area contributed by atoms with Gasteiger partial charge in [0, 0.05) is 0 Å². The predicted octanol–water partition coefficient (Wildman–Crippen LogP) is 1.98. The summed E-state index contributed by atoms with van der Waals surface area (Å²) in [6.07, 6.45) is 0.209. The van der Waals surface area contributed by atoms with Gasteiger partial charge in [-0.05, 0) is 0 Å². The van der Waals surface area contributed by atoms with E-state index in [0.29, 0.717) is 17.3 Å². The molecule has 3 atom stereocenters. The Morgan fingerprint density at radius 2 is 1.00 bits per heavy atom. The fraction of sp³-hybridized carbons (Fsp3) is 1.00. The molecule has 0 amide bonds. The first-order chi connectivity index (χ1) is 7.53. The molecule has 0 aliphatic carbocycles. The summed E-state index contributed by atoms with van der Waals surface area (Å²) in [5.74, 6) is 2.01. The summed E-state index contributed by atoms with van der Waals surface area (Å²) < 4.78 is 17.3. The summed E-state index contributed by atoms with van der Waals surface area (Å²) in [4.78, 5) is 0. The molecule has 0 aliphatic heterocycles. The zero-order chi connectivity index (χ0) is 12.6. The molecule has 0 heterocycles. The fourth-order valence-electron chi connectivity index (χ4n) is 0.615. The molecule has 98 valence electrons. The van der Waals surface area contributed by atoms with Gasteiger partial charge in [0.15, 0.2) is 0 Å². The summed E-state index contributed by atoms with van der Waals surface area (Å²) in [5.41, 5.74) is 0. The van der Waals surface area contributed by atoms with Crippen LogP contribution in [0.25, 0.3) is 0 Å². The van der Waals surface area contributed by atoms with Gasteiger partial charge in [-0.15, -0.1) is 0 Å². The van der Waals surface area contributed by atoms with E-state index < -0.39 is 23.1 Å². The van der Waals surface area contributed by atoms with Crippen LogP contribution < -0.4 is 0 Å². The van der Waals surface area contributed by atoms with Crippen LogP contribution in [0.15, 0.2) is 0 Å². The number of hydrogen-bond acceptors (Lipinski definition) is 6. The van der Waals surface area contributed by atoms with E-state index in [0.717, 1.165) is 0 Å². The van der Waals surface area contributed by atoms with Crippen molar-refractivity contribution >= 4 is 61.0 Å². The normalized spacial score (nSPS) is 17.4. The molecule has 0 saturated carbocycles. The number of hydrogen-bond donors (Lipinski definition) is 3. The summed E-state index contributed by atoms with van der Waals surface area (Å²) in [5, 5.41) is 0. The average Bonchev–Trinajstić information content (AvgIpc) is 2.28. The van der Waals surface area contributed by atoms with E-state index in [2.05, 4.69) is 37.9 Å². The first-order valence-electron chi connectivity index (χ1n) is 5.16. The molecule has 0 rings (SSSR count). The molecule has 0 N–H and O–H groups in total. The van der Waals surface area contributed by atoms with E-state index >= 15 is 0 Å². The fourth-order valence-corrected chi connectivity index (χ4v) is 7.15. The van der Waals surface area contributed by atoms with E-state index in [4.69, 9.17) is 8.44 Å². The van der Waals surface area contributed by atoms with E-state index in [-0.39, 0.29) is 18.3 Å². The monoisotopic (exact) mass is 482 g/mol. The zero-order valence-corrected chi connectivity index (χ0v) is 16.0. The molecule has 16 heavy (non-hydrogen) atoms. The number of thiol groups is 3. The molecule has 3 unspecified atom stereocenters. The molecule has 0 aromatic rings. The summed E-state index contributed by atoms with van der Waals surface area (Å²) >= 11 is 9.78. The molecule has 0 radical (unpaired) electrons. The Balaban J connectivity index is 4.15. The van der Waals surface area contributed by atoms with Crippen molar-refractivity contribution in [1.29, 1.82) is 0 Å². The first-order valence-corrected chi connectivity index (χ1v) is 11.3. The van der Waals surface area contributed by atoms with Gasteiger partial charge in [0.1, 0.15) is 0 Å². The van der Waals surface area contributed by atoms with Crippen LogP contribution in [0.5, 0.6) is 0 Å². The Morgan fingerprint density at radius 3 is 1.19 bits per heavy atom. The standard InChI is InChI=1S/3C3H7OS.Bi/c3*1-3(4)2-5;/h3*3,5H,2H2,1H3;/q3*-1;+3. The van der Waals surface area contributed by atoms with E-state index in [1.165, 1.54) is 0 Å². The second-order valence-corrected chi connectivity index (χ2v) is 8.81. The number of rotatable bonds is 9. The van der Waals surface area contributed by atoms with Gasteiger partial charge >= 0.3 is 126 Å². The van der Waals surface area contributed by atoms with Gasteiger partial charge in [0.25, 0.3) is 0 Å². The van der Waals surface area contributed by atoms with Gasteiger partial charge < -0.3 is 0 Å². The van der Waals surface area contributed by atoms with Gasteiger partial charge in [-0.25, -0.2) is 0 Å². The Morgan fingerprint density at radius 1 is 0.750 bits per heavy atom. The van der Waals surface area contributed by atoms with Crippen LogP contribution in [-0.4, -0.2) is 58.6 Å². The van der Waals surface area contributed by atoms with Crippen molar-refractivity contribution < 1.29 is 8.44 Å². The van der Waals surface area contributed by atoms with Crippen molar-refractivity contribution in [2.24, 2.45) is 0 Å². The Bertz CT molecular complexity index is 148. The summed E-state index contributed by atoms with van der Waals surface area (Å²) in [7, 11) is 0. The van der Waals surface area contributed by atoms with Crippen LogP contribution >= 0.6 is 37.9 Å². The van der Waals surface area contributed by atoms with Crippen molar-refractivity contribution in [2.45, 2.75) is 39.1 Å². The molecule has 0 aromatic carbocycles. The van der Waals surface area contributed by atoms with Crippen LogP contribution in [0.2, 0.25) is 0 Å². The minimum absolute atomic E-state index is 0.0698. The van der Waals surface area contributed by atoms with Crippen molar-refractivity contribution in [3.63, 3.8) is 0 Å². The molecule has 0 fully saturated rings. The molecule has 3 nitrogen and oxygen atoms in total. The molecule has 0 spiro atoms. The molecule has 0 saturated heterocycles. The van der Waals surface area contributed by atoms with Crippen LogP contribution in [0.3, 0.4) is 0 Å². The predicted molar refractivity (Wildman–Crippen MR) is 79.0 cm³/mol. The van der Waals surface area contributed by atoms with Gasteiger partial charge in [-0.1, -0.05) is 0 Å². The van der Waals surface area contributed by atoms with Crippen molar-refractivity contribution in [1.82, 2.24) is 0 Å². The maximum atomic E-state index is 5.76. The molecular weight excluding hydrogens is 461 g/mol. The second kappa shape index (κ2) is 10.7. The quantitative estimate of drug-likeness (QED) is 0.347. The van der Waals surface area contributed by atoms with Crippen molar-refractivity contribution in [3.05, 3.63) is 0 Å². The third-order valence-corrected chi connectivity index (χ3v) is 9.32. The zero-order valence-electron chi connectivity index (χ0n) is 9.87. The Hall–Kier alpha value is 1.81. The minimum atomic E-state index is -2.78. The van der Waals surface area contributed by atoms with E-state index in [1.54, 1.807) is 0 Å². The SMILES string of the molecule is CC(CS)[O][Bi]([O]C(C)CS)[O]C(C)CS. The van der Waals surface area contributed by atoms with Crippen molar-refractivity contribution in [2.75, 3.05) is 17.3 Å². The van der Waals surface area contributed by atoms with Crippen LogP contribution in [0, 0.1) is 0 Å². The molecular formula is C9H21BiO3S3. The van der Waals surface area contributed by atoms with Gasteiger partial charge in [0.2, 0.25) is 0 Å². The molecule has 0 aliphatic rings. The topological polar surface area (TPSA) is 27.7 Å². The third kappa shape index (κ3) is 8.84. The van der Waals surface area contributed by atoms with Gasteiger partial charge in [-0.3, -0.25) is 0 Å². The molecule has 0 aromatic heterocycles. The van der Waals surface area contributed by atoms with E-state index in [9.17, 15) is 0 Å². The van der Waals surface area contributed by atoms with Gasteiger partial charge in [0.05, 0.1) is 0 Å². The Labute approximate surface area is 125 Å².